The van der Waals surface area contributed by atoms with E-state index in [1.807, 2.05) is 10.7 Å². The van der Waals surface area contributed by atoms with E-state index in [0.29, 0.717) is 12.3 Å². The van der Waals surface area contributed by atoms with Gasteiger partial charge in [-0.1, -0.05) is 6.92 Å². The van der Waals surface area contributed by atoms with Gasteiger partial charge in [-0.2, -0.15) is 5.10 Å². The van der Waals surface area contributed by atoms with Gasteiger partial charge in [-0.25, -0.2) is 4.79 Å². The molecular weight excluding hydrogens is 258 g/mol. The molecule has 0 atom stereocenters. The number of carbonyl (C=O) groups is 1. The van der Waals surface area contributed by atoms with Gasteiger partial charge in [0.1, 0.15) is 0 Å². The largest absolute Gasteiger partial charge is 0.461 e. The molecule has 0 unspecified atom stereocenters. The number of hydrogen-bond acceptors (Lipinski definition) is 5. The number of hydrogen-bond donors (Lipinski definition) is 0. The Morgan fingerprint density at radius 2 is 2.10 bits per heavy atom. The van der Waals surface area contributed by atoms with Crippen molar-refractivity contribution >= 4 is 5.97 Å². The molecule has 0 spiro atoms. The van der Waals surface area contributed by atoms with E-state index >= 15 is 0 Å². The van der Waals surface area contributed by atoms with Crippen LogP contribution in [0.5, 0.6) is 0 Å². The Bertz CT molecular complexity index is 439. The average molecular weight is 281 g/mol. The number of esters is 1. The fourth-order valence-corrected chi connectivity index (χ4v) is 2.30. The van der Waals surface area contributed by atoms with Crippen LogP contribution in [0.25, 0.3) is 0 Å². The summed E-state index contributed by atoms with van der Waals surface area (Å²) in [5.41, 5.74) is 1.48. The third-order valence-corrected chi connectivity index (χ3v) is 3.44. The van der Waals surface area contributed by atoms with Crippen LogP contribution in [0.1, 0.15) is 30.0 Å². The Hall–Kier alpha value is -1.40. The second-order valence-corrected chi connectivity index (χ2v) is 4.77. The number of nitrogens with zero attached hydrogens (tertiary/aromatic N) is 3. The lowest BCUT2D eigenvalue weighted by Gasteiger charge is -2.26. The molecule has 1 aromatic rings. The SMILES string of the molecule is CCOC(=O)c1cc(CC)n(CCN2CCOCC2)n1. The average Bonchev–Trinajstić information content (AvgIpc) is 2.90. The van der Waals surface area contributed by atoms with Crippen molar-refractivity contribution in [2.75, 3.05) is 39.5 Å². The van der Waals surface area contributed by atoms with Crippen molar-refractivity contribution in [1.82, 2.24) is 14.7 Å². The predicted molar refractivity (Wildman–Crippen MR) is 74.8 cm³/mol. The van der Waals surface area contributed by atoms with Gasteiger partial charge in [-0.3, -0.25) is 9.58 Å². The molecule has 1 fully saturated rings. The summed E-state index contributed by atoms with van der Waals surface area (Å²) in [5.74, 6) is -0.340. The first kappa shape index (κ1) is 15.0. The van der Waals surface area contributed by atoms with Crippen LogP contribution in [0.15, 0.2) is 6.07 Å². The van der Waals surface area contributed by atoms with E-state index in [4.69, 9.17) is 9.47 Å². The van der Waals surface area contributed by atoms with Gasteiger partial charge in [-0.05, 0) is 19.4 Å². The van der Waals surface area contributed by atoms with Crippen LogP contribution < -0.4 is 0 Å². The quantitative estimate of drug-likeness (QED) is 0.727. The summed E-state index contributed by atoms with van der Waals surface area (Å²) in [6.07, 6.45) is 0.857. The predicted octanol–water partition coefficient (Wildman–Crippen LogP) is 0.954. The topological polar surface area (TPSA) is 56.6 Å². The summed E-state index contributed by atoms with van der Waals surface area (Å²) in [6, 6.07) is 1.83. The molecule has 0 saturated carbocycles. The normalized spacial score (nSPS) is 16.3. The molecule has 0 N–H and O–H groups in total. The standard InChI is InChI=1S/C14H23N3O3/c1-3-12-11-13(14(18)20-4-2)15-17(12)6-5-16-7-9-19-10-8-16/h11H,3-10H2,1-2H3. The zero-order valence-corrected chi connectivity index (χ0v) is 12.3. The monoisotopic (exact) mass is 281 g/mol. The summed E-state index contributed by atoms with van der Waals surface area (Å²) < 4.78 is 12.2. The van der Waals surface area contributed by atoms with Crippen LogP contribution in [0.4, 0.5) is 0 Å². The van der Waals surface area contributed by atoms with Crippen LogP contribution in [-0.4, -0.2) is 60.1 Å². The van der Waals surface area contributed by atoms with Gasteiger partial charge < -0.3 is 9.47 Å². The number of aromatic nitrogens is 2. The molecule has 1 aliphatic rings. The molecule has 0 bridgehead atoms. The van der Waals surface area contributed by atoms with Gasteiger partial charge >= 0.3 is 5.97 Å². The van der Waals surface area contributed by atoms with E-state index in [0.717, 1.165) is 51.5 Å². The summed E-state index contributed by atoms with van der Waals surface area (Å²) in [6.45, 7) is 9.50. The maximum atomic E-state index is 11.7. The van der Waals surface area contributed by atoms with E-state index in [-0.39, 0.29) is 5.97 Å². The summed E-state index contributed by atoms with van der Waals surface area (Å²) >= 11 is 0. The Morgan fingerprint density at radius 1 is 1.35 bits per heavy atom. The fraction of sp³-hybridized carbons (Fsp3) is 0.714. The van der Waals surface area contributed by atoms with Gasteiger partial charge in [0.15, 0.2) is 5.69 Å². The van der Waals surface area contributed by atoms with Crippen LogP contribution in [0.3, 0.4) is 0 Å². The molecule has 20 heavy (non-hydrogen) atoms. The maximum Gasteiger partial charge on any atom is 0.358 e. The van der Waals surface area contributed by atoms with Crippen LogP contribution in [-0.2, 0) is 22.4 Å². The number of aryl methyl sites for hydroxylation is 1. The number of ether oxygens (including phenoxy) is 2. The van der Waals surface area contributed by atoms with Gasteiger partial charge in [0.05, 0.1) is 26.4 Å². The van der Waals surface area contributed by atoms with Crippen molar-refractivity contribution in [3.05, 3.63) is 17.5 Å². The zero-order valence-electron chi connectivity index (χ0n) is 12.3. The molecule has 112 valence electrons. The van der Waals surface area contributed by atoms with Crippen molar-refractivity contribution in [3.63, 3.8) is 0 Å². The lowest BCUT2D eigenvalue weighted by atomic mass is 10.3. The highest BCUT2D eigenvalue weighted by molar-refractivity contribution is 5.87. The Kier molecular flexibility index (Phi) is 5.55. The van der Waals surface area contributed by atoms with Crippen molar-refractivity contribution < 1.29 is 14.3 Å². The highest BCUT2D eigenvalue weighted by Gasteiger charge is 2.16. The smallest absolute Gasteiger partial charge is 0.358 e. The molecule has 0 radical (unpaired) electrons. The maximum absolute atomic E-state index is 11.7. The minimum atomic E-state index is -0.340. The molecule has 1 aliphatic heterocycles. The molecule has 1 saturated heterocycles. The van der Waals surface area contributed by atoms with E-state index in [2.05, 4.69) is 16.9 Å². The van der Waals surface area contributed by atoms with Gasteiger partial charge in [0.2, 0.25) is 0 Å². The molecule has 6 nitrogen and oxygen atoms in total. The lowest BCUT2D eigenvalue weighted by molar-refractivity contribution is 0.0358. The summed E-state index contributed by atoms with van der Waals surface area (Å²) in [4.78, 5) is 14.1. The molecular formula is C14H23N3O3. The minimum Gasteiger partial charge on any atom is -0.461 e. The van der Waals surface area contributed by atoms with Gasteiger partial charge in [0.25, 0.3) is 0 Å². The first-order valence-corrected chi connectivity index (χ1v) is 7.28. The Balaban J connectivity index is 1.97. The fourth-order valence-electron chi connectivity index (χ4n) is 2.30. The molecule has 0 aromatic carbocycles. The van der Waals surface area contributed by atoms with Crippen molar-refractivity contribution in [3.8, 4) is 0 Å². The molecule has 2 heterocycles. The molecule has 0 amide bonds. The van der Waals surface area contributed by atoms with E-state index in [1.165, 1.54) is 0 Å². The molecule has 6 heteroatoms. The molecule has 1 aromatic heterocycles. The minimum absolute atomic E-state index is 0.340. The second-order valence-electron chi connectivity index (χ2n) is 4.77. The highest BCUT2D eigenvalue weighted by Crippen LogP contribution is 2.08. The molecule has 2 rings (SSSR count). The van der Waals surface area contributed by atoms with E-state index in [9.17, 15) is 4.79 Å². The Labute approximate surface area is 119 Å². The number of rotatable bonds is 6. The van der Waals surface area contributed by atoms with Crippen molar-refractivity contribution in [2.45, 2.75) is 26.8 Å². The van der Waals surface area contributed by atoms with Crippen LogP contribution >= 0.6 is 0 Å². The number of morpholine rings is 1. The summed E-state index contributed by atoms with van der Waals surface area (Å²) in [7, 11) is 0. The zero-order chi connectivity index (χ0) is 14.4. The third-order valence-electron chi connectivity index (χ3n) is 3.44. The molecule has 0 aliphatic carbocycles. The third kappa shape index (κ3) is 3.80. The van der Waals surface area contributed by atoms with Crippen molar-refractivity contribution in [2.24, 2.45) is 0 Å². The van der Waals surface area contributed by atoms with E-state index < -0.39 is 0 Å². The number of carbonyl (C=O) groups excluding carboxylic acids is 1. The first-order chi connectivity index (χ1) is 9.74. The Morgan fingerprint density at radius 3 is 2.75 bits per heavy atom. The van der Waals surface area contributed by atoms with Crippen LogP contribution in [0, 0.1) is 0 Å². The van der Waals surface area contributed by atoms with Gasteiger partial charge in [-0.15, -0.1) is 0 Å². The van der Waals surface area contributed by atoms with Crippen molar-refractivity contribution in [1.29, 1.82) is 0 Å². The summed E-state index contributed by atoms with van der Waals surface area (Å²) in [5, 5.41) is 4.37. The van der Waals surface area contributed by atoms with Gasteiger partial charge in [0, 0.05) is 25.3 Å². The van der Waals surface area contributed by atoms with E-state index in [1.54, 1.807) is 6.92 Å². The second kappa shape index (κ2) is 7.40. The highest BCUT2D eigenvalue weighted by atomic mass is 16.5. The first-order valence-electron chi connectivity index (χ1n) is 7.28. The lowest BCUT2D eigenvalue weighted by Crippen LogP contribution is -2.38. The van der Waals surface area contributed by atoms with Crippen LogP contribution in [0.2, 0.25) is 0 Å².